The van der Waals surface area contributed by atoms with Gasteiger partial charge < -0.3 is 0 Å². The largest absolute Gasteiger partial charge is 0.271 e. The molecule has 3 aliphatic rings. The highest BCUT2D eigenvalue weighted by molar-refractivity contribution is 8.17. The Hall–Kier alpha value is -0.610. The molecule has 0 spiro atoms. The van der Waals surface area contributed by atoms with Gasteiger partial charge in [0.05, 0.1) is 10.9 Å². The van der Waals surface area contributed by atoms with Crippen molar-refractivity contribution >= 4 is 40.1 Å². The van der Waals surface area contributed by atoms with Gasteiger partial charge >= 0.3 is 0 Å². The van der Waals surface area contributed by atoms with Crippen molar-refractivity contribution in [2.45, 2.75) is 26.2 Å². The smallest absolute Gasteiger partial charge is 0.261 e. The number of amidine groups is 1. The van der Waals surface area contributed by atoms with E-state index in [1.165, 1.54) is 16.9 Å². The molecule has 3 nitrogen and oxygen atoms in total. The summed E-state index contributed by atoms with van der Waals surface area (Å²) in [5.41, 5.74) is 1.27. The quantitative estimate of drug-likeness (QED) is 0.686. The Labute approximate surface area is 109 Å². The minimum Gasteiger partial charge on any atom is -0.271 e. The average Bonchev–Trinajstić information content (AvgIpc) is 2.66. The van der Waals surface area contributed by atoms with E-state index >= 15 is 0 Å². The van der Waals surface area contributed by atoms with Crippen molar-refractivity contribution in [2.24, 2.45) is 21.8 Å². The number of alkyl halides is 1. The summed E-state index contributed by atoms with van der Waals surface area (Å²) in [6.45, 7) is 2.26. The third kappa shape index (κ3) is 1.87. The number of nitrogens with zero attached hydrogens (tertiary/aromatic N) is 2. The van der Waals surface area contributed by atoms with Gasteiger partial charge in [0.15, 0.2) is 0 Å². The first-order valence-electron chi connectivity index (χ1n) is 5.84. The van der Waals surface area contributed by atoms with E-state index in [0.717, 1.165) is 17.9 Å². The molecule has 2 atom stereocenters. The number of halogens is 1. The molecular formula is C12H13ClN2OS. The lowest BCUT2D eigenvalue weighted by Gasteiger charge is -2.21. The van der Waals surface area contributed by atoms with Gasteiger partial charge in [-0.2, -0.15) is 4.99 Å². The summed E-state index contributed by atoms with van der Waals surface area (Å²) in [4.78, 5) is 21.7. The first kappa shape index (κ1) is 11.5. The van der Waals surface area contributed by atoms with E-state index in [4.69, 9.17) is 11.6 Å². The molecule has 0 aromatic carbocycles. The maximum absolute atomic E-state index is 12.0. The SMILES string of the molecule is CC1CCC2=C(C1)SC1=NC(CCl)=NC(=O)C12. The zero-order chi connectivity index (χ0) is 12.0. The van der Waals surface area contributed by atoms with Crippen LogP contribution < -0.4 is 0 Å². The molecule has 0 radical (unpaired) electrons. The highest BCUT2D eigenvalue weighted by Gasteiger charge is 2.41. The van der Waals surface area contributed by atoms with E-state index in [1.807, 2.05) is 0 Å². The van der Waals surface area contributed by atoms with Gasteiger partial charge in [0.25, 0.3) is 5.91 Å². The zero-order valence-corrected chi connectivity index (χ0v) is 11.1. The van der Waals surface area contributed by atoms with E-state index in [1.54, 1.807) is 11.8 Å². The highest BCUT2D eigenvalue weighted by Crippen LogP contribution is 2.48. The van der Waals surface area contributed by atoms with Gasteiger partial charge in [0.1, 0.15) is 11.8 Å². The molecule has 1 aliphatic carbocycles. The molecular weight excluding hydrogens is 256 g/mol. The number of aliphatic imine (C=N–C) groups is 2. The summed E-state index contributed by atoms with van der Waals surface area (Å²) in [5, 5.41) is 0.903. The predicted molar refractivity (Wildman–Crippen MR) is 71.7 cm³/mol. The van der Waals surface area contributed by atoms with Crippen LogP contribution in [0.2, 0.25) is 0 Å². The summed E-state index contributed by atoms with van der Waals surface area (Å²) in [6.07, 6.45) is 3.27. The van der Waals surface area contributed by atoms with Crippen LogP contribution in [0.1, 0.15) is 26.2 Å². The number of hydrogen-bond acceptors (Lipinski definition) is 3. The lowest BCUT2D eigenvalue weighted by atomic mass is 9.84. The van der Waals surface area contributed by atoms with Gasteiger partial charge in [-0.15, -0.1) is 11.6 Å². The highest BCUT2D eigenvalue weighted by atomic mass is 35.5. The van der Waals surface area contributed by atoms with Crippen molar-refractivity contribution in [1.29, 1.82) is 0 Å². The molecule has 0 saturated carbocycles. The normalized spacial score (nSPS) is 32.0. The molecule has 2 aliphatic heterocycles. The molecule has 5 heteroatoms. The van der Waals surface area contributed by atoms with Crippen LogP contribution >= 0.6 is 23.4 Å². The molecule has 90 valence electrons. The Morgan fingerprint density at radius 1 is 1.47 bits per heavy atom. The maximum atomic E-state index is 12.0. The number of thioether (sulfide) groups is 1. The van der Waals surface area contributed by atoms with Gasteiger partial charge in [0.2, 0.25) is 0 Å². The number of amides is 1. The Balaban J connectivity index is 1.95. The monoisotopic (exact) mass is 268 g/mol. The maximum Gasteiger partial charge on any atom is 0.261 e. The van der Waals surface area contributed by atoms with Crippen molar-refractivity contribution in [3.63, 3.8) is 0 Å². The summed E-state index contributed by atoms with van der Waals surface area (Å²) in [5.74, 6) is 1.14. The van der Waals surface area contributed by atoms with Crippen LogP contribution in [0.3, 0.4) is 0 Å². The second kappa shape index (κ2) is 4.25. The first-order chi connectivity index (χ1) is 8.19. The molecule has 0 aromatic heterocycles. The van der Waals surface area contributed by atoms with Gasteiger partial charge in [-0.05, 0) is 35.7 Å². The van der Waals surface area contributed by atoms with Crippen LogP contribution in [-0.2, 0) is 4.79 Å². The van der Waals surface area contributed by atoms with Crippen LogP contribution in [0.4, 0.5) is 0 Å². The molecule has 0 saturated heterocycles. The third-order valence-corrected chi connectivity index (χ3v) is 4.92. The third-order valence-electron chi connectivity index (χ3n) is 3.47. The standard InChI is InChI=1S/C12H13ClN2OS/c1-6-2-3-7-8(4-6)17-12-10(7)11(16)14-9(5-13)15-12/h6,10H,2-5H2,1H3. The summed E-state index contributed by atoms with van der Waals surface area (Å²) in [7, 11) is 0. The fourth-order valence-electron chi connectivity index (χ4n) is 2.58. The molecule has 0 aromatic rings. The number of allylic oxidation sites excluding steroid dienone is 1. The predicted octanol–water partition coefficient (Wildman–Crippen LogP) is 3.00. The second-order valence-electron chi connectivity index (χ2n) is 4.78. The Morgan fingerprint density at radius 2 is 2.29 bits per heavy atom. The van der Waals surface area contributed by atoms with Crippen LogP contribution in [0.5, 0.6) is 0 Å². The molecule has 2 heterocycles. The molecule has 0 fully saturated rings. The van der Waals surface area contributed by atoms with E-state index < -0.39 is 0 Å². The van der Waals surface area contributed by atoms with Crippen molar-refractivity contribution in [1.82, 2.24) is 0 Å². The van der Waals surface area contributed by atoms with E-state index in [0.29, 0.717) is 11.8 Å². The van der Waals surface area contributed by atoms with Crippen molar-refractivity contribution < 1.29 is 4.79 Å². The van der Waals surface area contributed by atoms with Gasteiger partial charge in [-0.25, -0.2) is 4.99 Å². The van der Waals surface area contributed by atoms with E-state index in [2.05, 4.69) is 16.9 Å². The Morgan fingerprint density at radius 3 is 3.06 bits per heavy atom. The minimum atomic E-state index is -0.172. The van der Waals surface area contributed by atoms with E-state index in [-0.39, 0.29) is 17.7 Å². The summed E-state index contributed by atoms with van der Waals surface area (Å²) < 4.78 is 0. The van der Waals surface area contributed by atoms with Crippen molar-refractivity contribution in [2.75, 3.05) is 5.88 Å². The van der Waals surface area contributed by atoms with Crippen LogP contribution in [0.15, 0.2) is 20.5 Å². The zero-order valence-electron chi connectivity index (χ0n) is 9.57. The van der Waals surface area contributed by atoms with E-state index in [9.17, 15) is 4.79 Å². The van der Waals surface area contributed by atoms with Gasteiger partial charge in [-0.1, -0.05) is 18.7 Å². The first-order valence-corrected chi connectivity index (χ1v) is 7.20. The molecule has 3 rings (SSSR count). The number of fused-ring (bicyclic) bond motifs is 2. The second-order valence-corrected chi connectivity index (χ2v) is 6.16. The number of hydrogen-bond donors (Lipinski definition) is 0. The molecule has 2 unspecified atom stereocenters. The van der Waals surface area contributed by atoms with Crippen LogP contribution in [-0.4, -0.2) is 22.7 Å². The lowest BCUT2D eigenvalue weighted by molar-refractivity contribution is -0.118. The topological polar surface area (TPSA) is 41.8 Å². The number of carbonyl (C=O) groups excluding carboxylic acids is 1. The van der Waals surface area contributed by atoms with Crippen molar-refractivity contribution in [3.8, 4) is 0 Å². The average molecular weight is 269 g/mol. The Kier molecular flexibility index (Phi) is 2.87. The van der Waals surface area contributed by atoms with Crippen LogP contribution in [0, 0.1) is 11.8 Å². The summed E-state index contributed by atoms with van der Waals surface area (Å²) >= 11 is 7.37. The lowest BCUT2D eigenvalue weighted by Crippen LogP contribution is -2.26. The fraction of sp³-hybridized carbons (Fsp3) is 0.583. The van der Waals surface area contributed by atoms with Gasteiger partial charge in [-0.3, -0.25) is 4.79 Å². The van der Waals surface area contributed by atoms with Crippen molar-refractivity contribution in [3.05, 3.63) is 10.5 Å². The molecule has 0 bridgehead atoms. The van der Waals surface area contributed by atoms with Crippen LogP contribution in [0.25, 0.3) is 0 Å². The fourth-order valence-corrected chi connectivity index (χ4v) is 4.19. The number of rotatable bonds is 1. The Bertz CT molecular complexity index is 481. The molecule has 17 heavy (non-hydrogen) atoms. The molecule has 0 N–H and O–H groups in total. The number of carbonyl (C=O) groups is 1. The summed E-state index contributed by atoms with van der Waals surface area (Å²) in [6, 6.07) is 0. The molecule has 1 amide bonds. The minimum absolute atomic E-state index is 0.0716. The van der Waals surface area contributed by atoms with Gasteiger partial charge in [0, 0.05) is 0 Å².